The molecule has 7 heteroatoms. The van der Waals surface area contributed by atoms with Gasteiger partial charge in [0, 0.05) is 32.4 Å². The van der Waals surface area contributed by atoms with Crippen LogP contribution in [0.25, 0.3) is 0 Å². The van der Waals surface area contributed by atoms with Crippen molar-refractivity contribution in [1.29, 1.82) is 0 Å². The van der Waals surface area contributed by atoms with E-state index in [1.165, 1.54) is 4.90 Å². The third kappa shape index (κ3) is 5.93. The zero-order chi connectivity index (χ0) is 15.1. The van der Waals surface area contributed by atoms with Crippen LogP contribution in [0.3, 0.4) is 0 Å². The summed E-state index contributed by atoms with van der Waals surface area (Å²) < 4.78 is 0. The third-order valence-corrected chi connectivity index (χ3v) is 4.27. The first kappa shape index (κ1) is 18.9. The molecular formula is C15H26ClN3O3. The van der Waals surface area contributed by atoms with Crippen LogP contribution in [0, 0.1) is 5.92 Å². The number of hydrogen-bond donors (Lipinski definition) is 2. The Balaban J connectivity index is 0.00000242. The Morgan fingerprint density at radius 2 is 1.82 bits per heavy atom. The molecule has 0 saturated carbocycles. The van der Waals surface area contributed by atoms with E-state index in [1.807, 2.05) is 0 Å². The Morgan fingerprint density at radius 3 is 2.45 bits per heavy atom. The summed E-state index contributed by atoms with van der Waals surface area (Å²) >= 11 is 0. The number of hydrogen-bond acceptors (Lipinski definition) is 4. The molecule has 0 bridgehead atoms. The second kappa shape index (κ2) is 9.79. The molecule has 0 spiro atoms. The number of carbonyl (C=O) groups excluding carboxylic acids is 3. The number of nitrogens with one attached hydrogen (secondary N) is 2. The predicted octanol–water partition coefficient (Wildman–Crippen LogP) is 0.843. The van der Waals surface area contributed by atoms with E-state index in [0.29, 0.717) is 44.7 Å². The van der Waals surface area contributed by atoms with Gasteiger partial charge in [-0.15, -0.1) is 12.4 Å². The van der Waals surface area contributed by atoms with Crippen LogP contribution in [-0.4, -0.2) is 48.8 Å². The number of imide groups is 1. The highest BCUT2D eigenvalue weighted by Gasteiger charge is 2.27. The lowest BCUT2D eigenvalue weighted by Gasteiger charge is -2.22. The molecule has 0 aromatic rings. The molecule has 2 heterocycles. The summed E-state index contributed by atoms with van der Waals surface area (Å²) in [4.78, 5) is 35.8. The SMILES string of the molecule is Cl.O=C(CCC1CCNCC1)NCCCN1C(=O)CCC1=O. The van der Waals surface area contributed by atoms with Gasteiger partial charge < -0.3 is 10.6 Å². The van der Waals surface area contributed by atoms with Crippen molar-refractivity contribution >= 4 is 30.1 Å². The lowest BCUT2D eigenvalue weighted by Crippen LogP contribution is -2.33. The summed E-state index contributed by atoms with van der Waals surface area (Å²) in [5.41, 5.74) is 0. The summed E-state index contributed by atoms with van der Waals surface area (Å²) in [6, 6.07) is 0. The second-order valence-electron chi connectivity index (χ2n) is 5.87. The smallest absolute Gasteiger partial charge is 0.229 e. The van der Waals surface area contributed by atoms with Gasteiger partial charge in [0.2, 0.25) is 17.7 Å². The number of likely N-dealkylation sites (tertiary alicyclic amines) is 1. The quantitative estimate of drug-likeness (QED) is 0.535. The molecule has 6 nitrogen and oxygen atoms in total. The lowest BCUT2D eigenvalue weighted by molar-refractivity contribution is -0.138. The zero-order valence-corrected chi connectivity index (χ0v) is 13.8. The maximum atomic E-state index is 11.7. The van der Waals surface area contributed by atoms with E-state index < -0.39 is 0 Å². The maximum absolute atomic E-state index is 11.7. The van der Waals surface area contributed by atoms with Crippen LogP contribution < -0.4 is 10.6 Å². The van der Waals surface area contributed by atoms with Gasteiger partial charge in [0.05, 0.1) is 0 Å². The van der Waals surface area contributed by atoms with Gasteiger partial charge >= 0.3 is 0 Å². The van der Waals surface area contributed by atoms with Gasteiger partial charge in [0.1, 0.15) is 0 Å². The van der Waals surface area contributed by atoms with E-state index in [0.717, 1.165) is 32.4 Å². The largest absolute Gasteiger partial charge is 0.356 e. The minimum absolute atomic E-state index is 0. The lowest BCUT2D eigenvalue weighted by atomic mass is 9.93. The topological polar surface area (TPSA) is 78.5 Å². The van der Waals surface area contributed by atoms with E-state index in [1.54, 1.807) is 0 Å². The molecule has 0 unspecified atom stereocenters. The van der Waals surface area contributed by atoms with Crippen LogP contribution >= 0.6 is 12.4 Å². The number of carbonyl (C=O) groups is 3. The van der Waals surface area contributed by atoms with E-state index in [2.05, 4.69) is 10.6 Å². The average Bonchev–Trinajstić information content (AvgIpc) is 2.82. The Hall–Kier alpha value is -1.14. The molecule has 2 N–H and O–H groups in total. The van der Waals surface area contributed by atoms with E-state index in [4.69, 9.17) is 0 Å². The molecule has 2 saturated heterocycles. The maximum Gasteiger partial charge on any atom is 0.229 e. The van der Waals surface area contributed by atoms with Gasteiger partial charge in [-0.25, -0.2) is 0 Å². The second-order valence-corrected chi connectivity index (χ2v) is 5.87. The number of nitrogens with zero attached hydrogens (tertiary/aromatic N) is 1. The molecule has 2 rings (SSSR count). The molecule has 22 heavy (non-hydrogen) atoms. The minimum Gasteiger partial charge on any atom is -0.356 e. The van der Waals surface area contributed by atoms with Crippen molar-refractivity contribution in [1.82, 2.24) is 15.5 Å². The summed E-state index contributed by atoms with van der Waals surface area (Å²) in [6.07, 6.45) is 5.15. The molecule has 0 radical (unpaired) electrons. The van der Waals surface area contributed by atoms with Crippen LogP contribution in [0.5, 0.6) is 0 Å². The Kier molecular flexibility index (Phi) is 8.42. The first-order valence-corrected chi connectivity index (χ1v) is 7.97. The normalized spacial score (nSPS) is 19.2. The van der Waals surface area contributed by atoms with Crippen molar-refractivity contribution in [2.75, 3.05) is 26.2 Å². The van der Waals surface area contributed by atoms with Gasteiger partial charge in [-0.2, -0.15) is 0 Å². The van der Waals surface area contributed by atoms with Gasteiger partial charge in [0.25, 0.3) is 0 Å². The first-order valence-electron chi connectivity index (χ1n) is 7.97. The third-order valence-electron chi connectivity index (χ3n) is 4.27. The average molecular weight is 332 g/mol. The number of halogens is 1. The molecule has 2 aliphatic rings. The Labute approximate surface area is 137 Å². The minimum atomic E-state index is -0.0859. The fourth-order valence-corrected chi connectivity index (χ4v) is 2.93. The van der Waals surface area contributed by atoms with Crippen molar-refractivity contribution in [2.45, 2.75) is 44.9 Å². The molecule has 0 aliphatic carbocycles. The van der Waals surface area contributed by atoms with Gasteiger partial charge in [0.15, 0.2) is 0 Å². The highest BCUT2D eigenvalue weighted by molar-refractivity contribution is 6.01. The summed E-state index contributed by atoms with van der Waals surface area (Å²) in [5, 5.41) is 6.19. The van der Waals surface area contributed by atoms with Crippen LogP contribution in [0.15, 0.2) is 0 Å². The van der Waals surface area contributed by atoms with Gasteiger partial charge in [-0.1, -0.05) is 0 Å². The Bertz CT molecular complexity index is 381. The number of amides is 3. The van der Waals surface area contributed by atoms with Gasteiger partial charge in [-0.05, 0) is 44.7 Å². The predicted molar refractivity (Wildman–Crippen MR) is 85.7 cm³/mol. The first-order chi connectivity index (χ1) is 10.2. The molecule has 0 atom stereocenters. The summed E-state index contributed by atoms with van der Waals surface area (Å²) in [7, 11) is 0. The van der Waals surface area contributed by atoms with Crippen LogP contribution in [0.4, 0.5) is 0 Å². The highest BCUT2D eigenvalue weighted by atomic mass is 35.5. The zero-order valence-electron chi connectivity index (χ0n) is 12.9. The van der Waals surface area contributed by atoms with Crippen molar-refractivity contribution in [3.05, 3.63) is 0 Å². The van der Waals surface area contributed by atoms with E-state index in [-0.39, 0.29) is 30.1 Å². The van der Waals surface area contributed by atoms with Crippen LogP contribution in [-0.2, 0) is 14.4 Å². The van der Waals surface area contributed by atoms with E-state index >= 15 is 0 Å². The molecular weight excluding hydrogens is 306 g/mol. The fraction of sp³-hybridized carbons (Fsp3) is 0.800. The molecule has 0 aromatic carbocycles. The van der Waals surface area contributed by atoms with Crippen molar-refractivity contribution in [3.63, 3.8) is 0 Å². The Morgan fingerprint density at radius 1 is 1.18 bits per heavy atom. The molecule has 3 amide bonds. The van der Waals surface area contributed by atoms with E-state index in [9.17, 15) is 14.4 Å². The molecule has 2 aliphatic heterocycles. The monoisotopic (exact) mass is 331 g/mol. The van der Waals surface area contributed by atoms with Crippen molar-refractivity contribution in [2.24, 2.45) is 5.92 Å². The molecule has 0 aromatic heterocycles. The van der Waals surface area contributed by atoms with Crippen LogP contribution in [0.2, 0.25) is 0 Å². The number of rotatable bonds is 7. The summed E-state index contributed by atoms with van der Waals surface area (Å²) in [5.74, 6) is 0.568. The van der Waals surface area contributed by atoms with Crippen molar-refractivity contribution in [3.8, 4) is 0 Å². The summed E-state index contributed by atoms with van der Waals surface area (Å²) in [6.45, 7) is 3.07. The standard InChI is InChI=1S/C15H25N3O3.ClH/c19-13(3-2-12-6-9-16-10-7-12)17-8-1-11-18-14(20)4-5-15(18)21;/h12,16H,1-11H2,(H,17,19);1H. The molecule has 126 valence electrons. The van der Waals surface area contributed by atoms with Crippen molar-refractivity contribution < 1.29 is 14.4 Å². The fourth-order valence-electron chi connectivity index (χ4n) is 2.93. The van der Waals surface area contributed by atoms with Crippen LogP contribution in [0.1, 0.15) is 44.9 Å². The number of piperidine rings is 1. The molecule has 2 fully saturated rings. The highest BCUT2D eigenvalue weighted by Crippen LogP contribution is 2.17. The van der Waals surface area contributed by atoms with Gasteiger partial charge in [-0.3, -0.25) is 19.3 Å².